The van der Waals surface area contributed by atoms with Gasteiger partial charge in [0.05, 0.1) is 6.61 Å². The maximum absolute atomic E-state index is 9.41. The maximum atomic E-state index is 9.41. The van der Waals surface area contributed by atoms with Gasteiger partial charge < -0.3 is 10.2 Å². The van der Waals surface area contributed by atoms with Crippen LogP contribution in [0.4, 0.5) is 0 Å². The molecule has 0 aliphatic rings. The van der Waals surface area contributed by atoms with Crippen LogP contribution in [0.15, 0.2) is 0 Å². The molecule has 0 amide bonds. The van der Waals surface area contributed by atoms with Crippen LogP contribution in [0, 0.1) is 0 Å². The van der Waals surface area contributed by atoms with Gasteiger partial charge in [-0.25, -0.2) is 9.90 Å². The van der Waals surface area contributed by atoms with Gasteiger partial charge in [0.1, 0.15) is 0 Å². The SMILES string of the molecule is [O]C(=O)C(O)CO. The van der Waals surface area contributed by atoms with Crippen molar-refractivity contribution in [3.63, 3.8) is 0 Å². The van der Waals surface area contributed by atoms with Crippen LogP contribution in [0.25, 0.3) is 0 Å². The third-order valence-electron chi connectivity index (χ3n) is 0.445. The Kier molecular flexibility index (Phi) is 2.32. The molecule has 1 radical (unpaired) electrons. The summed E-state index contributed by atoms with van der Waals surface area (Å²) in [5.74, 6) is -1.65. The maximum Gasteiger partial charge on any atom is 0.386 e. The van der Waals surface area contributed by atoms with E-state index in [9.17, 15) is 9.90 Å². The first-order valence-corrected chi connectivity index (χ1v) is 1.68. The van der Waals surface area contributed by atoms with Gasteiger partial charge in [-0.15, -0.1) is 0 Å². The molecule has 0 heterocycles. The zero-order chi connectivity index (χ0) is 5.86. The summed E-state index contributed by atoms with van der Waals surface area (Å²) in [4.78, 5) is 9.41. The number of hydrogen-bond donors (Lipinski definition) is 2. The summed E-state index contributed by atoms with van der Waals surface area (Å²) in [6, 6.07) is 0. The lowest BCUT2D eigenvalue weighted by molar-refractivity contribution is -0.155. The van der Waals surface area contributed by atoms with Crippen molar-refractivity contribution in [1.29, 1.82) is 0 Å². The van der Waals surface area contributed by atoms with Crippen molar-refractivity contribution in [3.05, 3.63) is 0 Å². The first-order valence-electron chi connectivity index (χ1n) is 1.68. The van der Waals surface area contributed by atoms with Crippen molar-refractivity contribution in [1.82, 2.24) is 0 Å². The van der Waals surface area contributed by atoms with Gasteiger partial charge in [-0.3, -0.25) is 0 Å². The molecule has 0 rings (SSSR count). The van der Waals surface area contributed by atoms with Gasteiger partial charge in [-0.05, 0) is 0 Å². The predicted octanol–water partition coefficient (Wildman–Crippen LogP) is -1.70. The Morgan fingerprint density at radius 2 is 2.14 bits per heavy atom. The van der Waals surface area contributed by atoms with Crippen molar-refractivity contribution in [3.8, 4) is 0 Å². The molecule has 0 saturated carbocycles. The first-order chi connectivity index (χ1) is 3.18. The van der Waals surface area contributed by atoms with E-state index < -0.39 is 18.7 Å². The van der Waals surface area contributed by atoms with Gasteiger partial charge in [0.15, 0.2) is 6.10 Å². The van der Waals surface area contributed by atoms with Gasteiger partial charge >= 0.3 is 5.97 Å². The van der Waals surface area contributed by atoms with Crippen LogP contribution in [-0.2, 0) is 9.90 Å². The Morgan fingerprint density at radius 1 is 1.71 bits per heavy atom. The molecule has 4 nitrogen and oxygen atoms in total. The average molecular weight is 105 g/mol. The van der Waals surface area contributed by atoms with Crippen LogP contribution >= 0.6 is 0 Å². The number of carbonyl (C=O) groups is 1. The number of aliphatic hydroxyl groups is 2. The summed E-state index contributed by atoms with van der Waals surface area (Å²) in [5.41, 5.74) is 0. The average Bonchev–Trinajstić information content (AvgIpc) is 1.65. The summed E-state index contributed by atoms with van der Waals surface area (Å²) in [6.45, 7) is -0.789. The Balaban J connectivity index is 3.34. The molecule has 0 saturated heterocycles. The predicted molar refractivity (Wildman–Crippen MR) is 18.8 cm³/mol. The molecule has 1 atom stereocenters. The number of carbonyl (C=O) groups excluding carboxylic acids is 1. The van der Waals surface area contributed by atoms with Crippen molar-refractivity contribution in [2.75, 3.05) is 6.61 Å². The summed E-state index contributed by atoms with van der Waals surface area (Å²) in [6.07, 6.45) is -1.74. The second-order valence-corrected chi connectivity index (χ2v) is 1.02. The lowest BCUT2D eigenvalue weighted by Gasteiger charge is -1.92. The van der Waals surface area contributed by atoms with E-state index in [1.54, 1.807) is 0 Å². The summed E-state index contributed by atoms with van der Waals surface area (Å²) in [5, 5.41) is 25.3. The van der Waals surface area contributed by atoms with E-state index in [0.717, 1.165) is 0 Å². The quantitative estimate of drug-likeness (QED) is 0.439. The fraction of sp³-hybridized carbons (Fsp3) is 0.667. The third-order valence-corrected chi connectivity index (χ3v) is 0.445. The Bertz CT molecular complexity index is 69.3. The lowest BCUT2D eigenvalue weighted by Crippen LogP contribution is -2.21. The van der Waals surface area contributed by atoms with E-state index in [4.69, 9.17) is 10.2 Å². The summed E-state index contributed by atoms with van der Waals surface area (Å²) in [7, 11) is 0. The van der Waals surface area contributed by atoms with Gasteiger partial charge in [-0.1, -0.05) is 0 Å². The van der Waals surface area contributed by atoms with E-state index in [-0.39, 0.29) is 0 Å². The highest BCUT2D eigenvalue weighted by atomic mass is 16.4. The molecule has 2 N–H and O–H groups in total. The van der Waals surface area contributed by atoms with Crippen molar-refractivity contribution in [2.24, 2.45) is 0 Å². The largest absolute Gasteiger partial charge is 0.393 e. The molecular weight excluding hydrogens is 100 g/mol. The van der Waals surface area contributed by atoms with Gasteiger partial charge in [0.2, 0.25) is 0 Å². The third kappa shape index (κ3) is 2.13. The second kappa shape index (κ2) is 2.54. The molecule has 1 unspecified atom stereocenters. The minimum absolute atomic E-state index is 0.789. The smallest absolute Gasteiger partial charge is 0.386 e. The molecule has 0 bridgehead atoms. The molecule has 0 aliphatic heterocycles. The van der Waals surface area contributed by atoms with Gasteiger partial charge in [0, 0.05) is 0 Å². The zero-order valence-corrected chi connectivity index (χ0v) is 3.50. The second-order valence-electron chi connectivity index (χ2n) is 1.02. The van der Waals surface area contributed by atoms with Gasteiger partial charge in [-0.2, -0.15) is 0 Å². The van der Waals surface area contributed by atoms with Crippen LogP contribution in [-0.4, -0.2) is 28.9 Å². The molecular formula is C3H5O4. The molecule has 0 aromatic heterocycles. The standard InChI is InChI=1S/C3H5O4/c4-1-2(5)3(6)7/h2,4-5H,1H2. The van der Waals surface area contributed by atoms with Crippen LogP contribution in [0.2, 0.25) is 0 Å². The Labute approximate surface area is 40.0 Å². The minimum Gasteiger partial charge on any atom is -0.393 e. The monoisotopic (exact) mass is 105 g/mol. The van der Waals surface area contributed by atoms with Crippen LogP contribution in [0.1, 0.15) is 0 Å². The summed E-state index contributed by atoms with van der Waals surface area (Å²) >= 11 is 0. The van der Waals surface area contributed by atoms with Crippen molar-refractivity contribution in [2.45, 2.75) is 6.10 Å². The number of rotatable bonds is 2. The normalized spacial score (nSPS) is 13.4. The highest BCUT2D eigenvalue weighted by Gasteiger charge is 2.11. The van der Waals surface area contributed by atoms with E-state index in [1.807, 2.05) is 0 Å². The molecule has 4 heteroatoms. The Hall–Kier alpha value is -0.610. The fourth-order valence-corrected chi connectivity index (χ4v) is 0.0745. The highest BCUT2D eigenvalue weighted by molar-refractivity contribution is 5.71. The van der Waals surface area contributed by atoms with Crippen LogP contribution in [0.3, 0.4) is 0 Å². The molecule has 0 aromatic carbocycles. The first kappa shape index (κ1) is 6.39. The lowest BCUT2D eigenvalue weighted by atomic mass is 10.4. The van der Waals surface area contributed by atoms with E-state index in [0.29, 0.717) is 0 Å². The number of aliphatic hydroxyl groups excluding tert-OH is 2. The van der Waals surface area contributed by atoms with Gasteiger partial charge in [0.25, 0.3) is 0 Å². The fourth-order valence-electron chi connectivity index (χ4n) is 0.0745. The van der Waals surface area contributed by atoms with Crippen molar-refractivity contribution < 1.29 is 20.1 Å². The number of hydrogen-bond acceptors (Lipinski definition) is 3. The zero-order valence-electron chi connectivity index (χ0n) is 3.50. The molecule has 7 heavy (non-hydrogen) atoms. The summed E-state index contributed by atoms with van der Waals surface area (Å²) < 4.78 is 0. The molecule has 0 aromatic rings. The topological polar surface area (TPSA) is 77.4 Å². The van der Waals surface area contributed by atoms with Crippen LogP contribution in [0.5, 0.6) is 0 Å². The van der Waals surface area contributed by atoms with E-state index >= 15 is 0 Å². The van der Waals surface area contributed by atoms with Crippen molar-refractivity contribution >= 4 is 5.97 Å². The van der Waals surface area contributed by atoms with Crippen LogP contribution < -0.4 is 0 Å². The van der Waals surface area contributed by atoms with E-state index in [1.165, 1.54) is 0 Å². The minimum atomic E-state index is -1.74. The highest BCUT2D eigenvalue weighted by Crippen LogP contribution is 1.76. The molecule has 0 aliphatic carbocycles. The molecule has 41 valence electrons. The molecule has 0 spiro atoms. The Morgan fingerprint density at radius 3 is 2.14 bits per heavy atom. The molecule has 0 fully saturated rings. The van der Waals surface area contributed by atoms with E-state index in [2.05, 4.69) is 0 Å².